The Morgan fingerprint density at radius 1 is 0.917 bits per heavy atom. The van der Waals surface area contributed by atoms with Gasteiger partial charge >= 0.3 is 5.97 Å². The number of carbonyl (C=O) groups is 3. The van der Waals surface area contributed by atoms with E-state index in [9.17, 15) is 14.7 Å². The van der Waals surface area contributed by atoms with Crippen molar-refractivity contribution in [1.82, 2.24) is 5.32 Å². The van der Waals surface area contributed by atoms with E-state index in [2.05, 4.69) is 46.9 Å². The van der Waals surface area contributed by atoms with Crippen LogP contribution >= 0.6 is 0 Å². The molecular weight excluding hydrogens is 474 g/mol. The SMILES string of the molecule is CC(C)[Si](OCCc1ccc(C(CNC(=O)c2ccccc2)C(=O)O)cc1)(C(C)C)C(C)C.O=CO. The molecule has 36 heavy (non-hydrogen) atoms. The predicted octanol–water partition coefficient (Wildman–Crippen LogP) is 5.72. The highest BCUT2D eigenvalue weighted by Crippen LogP contribution is 2.42. The van der Waals surface area contributed by atoms with E-state index in [0.29, 0.717) is 34.4 Å². The van der Waals surface area contributed by atoms with Gasteiger partial charge in [-0.05, 0) is 46.3 Å². The van der Waals surface area contributed by atoms with Crippen molar-refractivity contribution >= 4 is 26.7 Å². The quantitative estimate of drug-likeness (QED) is 0.246. The number of nitrogens with one attached hydrogen (secondary N) is 1. The van der Waals surface area contributed by atoms with Crippen molar-refractivity contribution in [2.75, 3.05) is 13.2 Å². The number of hydrogen-bond acceptors (Lipinski definition) is 4. The van der Waals surface area contributed by atoms with E-state index in [1.54, 1.807) is 24.3 Å². The summed E-state index contributed by atoms with van der Waals surface area (Å²) in [5, 5.41) is 19.3. The molecule has 8 heteroatoms. The molecule has 0 aromatic heterocycles. The molecule has 198 valence electrons. The molecule has 1 atom stereocenters. The maximum atomic E-state index is 12.3. The highest BCUT2D eigenvalue weighted by atomic mass is 28.4. The minimum Gasteiger partial charge on any atom is -0.483 e. The number of carbonyl (C=O) groups excluding carboxylic acids is 1. The minimum absolute atomic E-state index is 0.0385. The van der Waals surface area contributed by atoms with E-state index in [-0.39, 0.29) is 18.9 Å². The van der Waals surface area contributed by atoms with Gasteiger partial charge in [0.1, 0.15) is 0 Å². The van der Waals surface area contributed by atoms with E-state index in [1.807, 2.05) is 30.3 Å². The van der Waals surface area contributed by atoms with E-state index >= 15 is 0 Å². The lowest BCUT2D eigenvalue weighted by atomic mass is 9.97. The van der Waals surface area contributed by atoms with Gasteiger partial charge in [0, 0.05) is 18.7 Å². The monoisotopic (exact) mass is 515 g/mol. The number of benzene rings is 2. The maximum Gasteiger partial charge on any atom is 0.312 e. The topological polar surface area (TPSA) is 113 Å². The standard InChI is InChI=1S/C27H39NO4Si.CH2O2/c1-19(2)33(20(3)4,21(5)6)32-17-16-22-12-14-23(15-13-22)25(27(30)31)18-28-26(29)24-10-8-7-9-11-24;2-1-3/h7-15,19-21,25H,16-18H2,1-6H3,(H,28,29)(H,30,31);1H,(H,2,3). The maximum absolute atomic E-state index is 12.3. The Bertz CT molecular complexity index is 922. The van der Waals surface area contributed by atoms with E-state index in [1.165, 1.54) is 0 Å². The first-order valence-corrected chi connectivity index (χ1v) is 14.5. The average Bonchev–Trinajstić information content (AvgIpc) is 2.83. The summed E-state index contributed by atoms with van der Waals surface area (Å²) in [6, 6.07) is 16.4. The summed E-state index contributed by atoms with van der Waals surface area (Å²) in [5.41, 5.74) is 3.94. The lowest BCUT2D eigenvalue weighted by Crippen LogP contribution is -2.48. The number of amides is 1. The number of aliphatic carboxylic acids is 1. The van der Waals surface area contributed by atoms with Gasteiger partial charge in [-0.1, -0.05) is 84.0 Å². The Labute approximate surface area is 216 Å². The summed E-state index contributed by atoms with van der Waals surface area (Å²) in [5.74, 6) is -2.03. The van der Waals surface area contributed by atoms with Gasteiger partial charge in [-0.2, -0.15) is 0 Å². The normalized spacial score (nSPS) is 12.1. The van der Waals surface area contributed by atoms with Gasteiger partial charge in [0.25, 0.3) is 12.4 Å². The van der Waals surface area contributed by atoms with E-state index < -0.39 is 20.2 Å². The number of rotatable bonds is 12. The fourth-order valence-corrected chi connectivity index (χ4v) is 10.5. The minimum atomic E-state index is -1.89. The van der Waals surface area contributed by atoms with Crippen molar-refractivity contribution in [2.24, 2.45) is 0 Å². The van der Waals surface area contributed by atoms with Crippen LogP contribution < -0.4 is 5.32 Å². The molecule has 0 fully saturated rings. The molecule has 2 aromatic carbocycles. The first kappa shape index (κ1) is 31.1. The van der Waals surface area contributed by atoms with Crippen LogP contribution in [-0.4, -0.2) is 50.0 Å². The second-order valence-corrected chi connectivity index (χ2v) is 15.2. The van der Waals surface area contributed by atoms with Crippen LogP contribution in [0.4, 0.5) is 0 Å². The summed E-state index contributed by atoms with van der Waals surface area (Å²) in [6.07, 6.45) is 0.795. The van der Waals surface area contributed by atoms with Gasteiger partial charge in [-0.25, -0.2) is 0 Å². The van der Waals surface area contributed by atoms with Crippen molar-refractivity contribution in [2.45, 2.75) is 70.5 Å². The summed E-state index contributed by atoms with van der Waals surface area (Å²) in [6.45, 7) is 14.2. The van der Waals surface area contributed by atoms with Crippen LogP contribution in [0.2, 0.25) is 16.6 Å². The molecule has 7 nitrogen and oxygen atoms in total. The molecule has 2 aromatic rings. The summed E-state index contributed by atoms with van der Waals surface area (Å²) in [7, 11) is -1.89. The second-order valence-electron chi connectivity index (χ2n) is 9.73. The lowest BCUT2D eigenvalue weighted by molar-refractivity contribution is -0.138. The third-order valence-electron chi connectivity index (χ3n) is 6.63. The average molecular weight is 516 g/mol. The van der Waals surface area contributed by atoms with Crippen LogP contribution in [0.25, 0.3) is 0 Å². The molecule has 1 amide bonds. The van der Waals surface area contributed by atoms with Crippen LogP contribution in [-0.2, 0) is 20.4 Å². The Hall–Kier alpha value is -2.97. The number of hydrogen-bond donors (Lipinski definition) is 3. The summed E-state index contributed by atoms with van der Waals surface area (Å²) < 4.78 is 6.64. The van der Waals surface area contributed by atoms with Crippen molar-refractivity contribution in [3.8, 4) is 0 Å². The molecule has 0 aliphatic heterocycles. The van der Waals surface area contributed by atoms with Crippen LogP contribution in [0.3, 0.4) is 0 Å². The Morgan fingerprint density at radius 2 is 1.42 bits per heavy atom. The molecule has 0 saturated carbocycles. The van der Waals surface area contributed by atoms with Gasteiger partial charge in [-0.15, -0.1) is 0 Å². The zero-order valence-electron chi connectivity index (χ0n) is 22.2. The molecule has 0 heterocycles. The fourth-order valence-electron chi connectivity index (χ4n) is 5.00. The summed E-state index contributed by atoms with van der Waals surface area (Å²) >= 11 is 0. The third kappa shape index (κ3) is 8.60. The molecule has 1 unspecified atom stereocenters. The Morgan fingerprint density at radius 3 is 1.86 bits per heavy atom. The molecule has 0 aliphatic rings. The highest BCUT2D eigenvalue weighted by Gasteiger charge is 2.44. The lowest BCUT2D eigenvalue weighted by Gasteiger charge is -2.42. The highest BCUT2D eigenvalue weighted by molar-refractivity contribution is 6.77. The zero-order valence-corrected chi connectivity index (χ0v) is 23.2. The first-order chi connectivity index (χ1) is 17.0. The Kier molecular flexibility index (Phi) is 13.1. The fraction of sp³-hybridized carbons (Fsp3) is 0.464. The molecule has 3 N–H and O–H groups in total. The van der Waals surface area contributed by atoms with E-state index in [0.717, 1.165) is 12.0 Å². The van der Waals surface area contributed by atoms with Gasteiger partial charge in [-0.3, -0.25) is 14.4 Å². The van der Waals surface area contributed by atoms with Gasteiger partial charge in [0.15, 0.2) is 8.32 Å². The number of carboxylic acids is 1. The third-order valence-corrected chi connectivity index (χ3v) is 12.8. The van der Waals surface area contributed by atoms with Crippen LogP contribution in [0.5, 0.6) is 0 Å². The smallest absolute Gasteiger partial charge is 0.312 e. The first-order valence-electron chi connectivity index (χ1n) is 12.4. The molecule has 0 saturated heterocycles. The molecule has 0 spiro atoms. The van der Waals surface area contributed by atoms with Crippen LogP contribution in [0, 0.1) is 0 Å². The number of carboxylic acid groups (broad SMARTS) is 2. The molecule has 2 rings (SSSR count). The van der Waals surface area contributed by atoms with Crippen molar-refractivity contribution in [1.29, 1.82) is 0 Å². The van der Waals surface area contributed by atoms with Gasteiger partial charge < -0.3 is 20.0 Å². The molecule has 0 aliphatic carbocycles. The zero-order chi connectivity index (χ0) is 27.3. The van der Waals surface area contributed by atoms with Crippen molar-refractivity contribution in [3.05, 3.63) is 71.3 Å². The summed E-state index contributed by atoms with van der Waals surface area (Å²) in [4.78, 5) is 32.5. The molecule has 0 bridgehead atoms. The Balaban J connectivity index is 0.00000205. The molecular formula is C28H41NO6Si. The van der Waals surface area contributed by atoms with Gasteiger partial charge in [0.2, 0.25) is 0 Å². The van der Waals surface area contributed by atoms with E-state index in [4.69, 9.17) is 14.3 Å². The van der Waals surface area contributed by atoms with Crippen LogP contribution in [0.15, 0.2) is 54.6 Å². The second kappa shape index (κ2) is 15.2. The molecule has 0 radical (unpaired) electrons. The van der Waals surface area contributed by atoms with Crippen molar-refractivity contribution < 1.29 is 29.0 Å². The van der Waals surface area contributed by atoms with Crippen molar-refractivity contribution in [3.63, 3.8) is 0 Å². The largest absolute Gasteiger partial charge is 0.483 e. The van der Waals surface area contributed by atoms with Crippen LogP contribution in [0.1, 0.15) is 68.9 Å². The predicted molar refractivity (Wildman–Crippen MR) is 145 cm³/mol. The van der Waals surface area contributed by atoms with Gasteiger partial charge in [0.05, 0.1) is 5.92 Å².